The number of phenols is 2. The van der Waals surface area contributed by atoms with Gasteiger partial charge in [0, 0.05) is 136 Å². The van der Waals surface area contributed by atoms with Crippen molar-refractivity contribution in [3.63, 3.8) is 0 Å². The molecule has 2 saturated heterocycles. The third kappa shape index (κ3) is 15.0. The second kappa shape index (κ2) is 27.6. The molecule has 12 nitrogen and oxygen atoms in total. The number of nitrogens with one attached hydrogen (secondary N) is 1. The van der Waals surface area contributed by atoms with Crippen LogP contribution in [-0.2, 0) is 31.5 Å². The number of nitrogens with zero attached hydrogens (tertiary/aromatic N) is 7. The number of hydrogen-bond donors (Lipinski definition) is 3. The number of hydrogen-bond acceptors (Lipinski definition) is 10. The summed E-state index contributed by atoms with van der Waals surface area (Å²) in [7, 11) is -2.95. The molecular formula is C81H102N8O4S. The summed E-state index contributed by atoms with van der Waals surface area (Å²) in [6.07, 6.45) is 3.77. The predicted molar refractivity (Wildman–Crippen MR) is 397 cm³/mol. The van der Waals surface area contributed by atoms with Gasteiger partial charge in [0.2, 0.25) is 0 Å². The minimum absolute atomic E-state index is 0.190. The standard InChI is InChI=1S/C43H54N4O.C38H48N4O3S/c1-11-45(12-2)33-24-20-30(21-25-33)38-39(31-22-26-34(27-23-31)46(13-3)14-4)47(35-18-16-15-17-19-35)41(44-38)32-28-36(42(5,6)7)40(48)37(29-32)43(8,9)10;1-37(2,3)31-24-28(25-32(35(31)43)38(4,5)6)36-39-33(26-10-14-29(15-11-26)41-18-8-7-9-19-41)34(40-36)27-12-16-30(17-13-27)42-20-22-46(44,45)23-21-42/h15-29,48H,11-14H2,1-10H3;10-17,24-25,43H,7-9,18-23H2,1-6H3,(H,39,40). The summed E-state index contributed by atoms with van der Waals surface area (Å²) in [6.45, 7) is 41.5. The number of para-hydroxylation sites is 1. The van der Waals surface area contributed by atoms with Crippen molar-refractivity contribution in [3.05, 3.63) is 174 Å². The fourth-order valence-corrected chi connectivity index (χ4v) is 14.5. The SMILES string of the molecule is CC(C)(C)c1cc(-c2nc(-c3ccc(N4CCCCC4)cc3)c(-c3ccc(N4CCS(=O)(=O)CC4)cc3)[nH]2)cc(C(C)(C)C)c1O.CCN(CC)c1ccc(-c2nc(-c3cc(C(C)(C)C)c(O)c(C(C)(C)C)c3)n(-c3ccccc3)c2-c2ccc(N(CC)CC)cc2)cc1. The van der Waals surface area contributed by atoms with Crippen molar-refractivity contribution in [1.29, 1.82) is 0 Å². The molecule has 13 heteroatoms. The van der Waals surface area contributed by atoms with Gasteiger partial charge in [0.25, 0.3) is 0 Å². The van der Waals surface area contributed by atoms with Crippen molar-refractivity contribution >= 4 is 32.6 Å². The van der Waals surface area contributed by atoms with Gasteiger partial charge in [-0.1, -0.05) is 150 Å². The van der Waals surface area contributed by atoms with Crippen LogP contribution in [0, 0.1) is 0 Å². The summed E-state index contributed by atoms with van der Waals surface area (Å²) < 4.78 is 26.3. The van der Waals surface area contributed by atoms with Crippen molar-refractivity contribution in [2.45, 2.75) is 152 Å². The Morgan fingerprint density at radius 2 is 0.830 bits per heavy atom. The van der Waals surface area contributed by atoms with Crippen LogP contribution in [0.3, 0.4) is 0 Å². The molecule has 2 fully saturated rings. The van der Waals surface area contributed by atoms with Gasteiger partial charge in [0.1, 0.15) is 23.1 Å². The number of aromatic amines is 1. The Hall–Kier alpha value is -8.29. The number of anilines is 4. The molecule has 94 heavy (non-hydrogen) atoms. The molecule has 7 aromatic carbocycles. The minimum atomic E-state index is -2.95. The number of aromatic hydroxyl groups is 2. The van der Waals surface area contributed by atoms with E-state index in [4.69, 9.17) is 9.97 Å². The lowest BCUT2D eigenvalue weighted by Crippen LogP contribution is -2.40. The third-order valence-corrected chi connectivity index (χ3v) is 20.5. The van der Waals surface area contributed by atoms with Gasteiger partial charge < -0.3 is 34.8 Å². The van der Waals surface area contributed by atoms with E-state index in [0.29, 0.717) is 24.6 Å². The molecule has 2 aliphatic rings. The first-order valence-corrected chi connectivity index (χ1v) is 36.0. The highest BCUT2D eigenvalue weighted by Crippen LogP contribution is 2.47. The van der Waals surface area contributed by atoms with Crippen LogP contribution in [0.15, 0.2) is 152 Å². The van der Waals surface area contributed by atoms with E-state index in [1.807, 2.05) is 0 Å². The summed E-state index contributed by atoms with van der Waals surface area (Å²) in [4.78, 5) is 23.8. The quantitative estimate of drug-likeness (QED) is 0.0911. The Morgan fingerprint density at radius 3 is 1.27 bits per heavy atom. The van der Waals surface area contributed by atoms with E-state index in [1.54, 1.807) is 0 Å². The number of piperidine rings is 1. The van der Waals surface area contributed by atoms with Crippen molar-refractivity contribution in [2.24, 2.45) is 0 Å². The maximum absolute atomic E-state index is 12.0. The first-order chi connectivity index (χ1) is 44.5. The molecule has 496 valence electrons. The molecule has 2 aromatic heterocycles. The smallest absolute Gasteiger partial charge is 0.153 e. The molecule has 11 rings (SSSR count). The number of benzene rings is 7. The number of H-pyrrole nitrogens is 1. The molecule has 0 spiro atoms. The molecule has 4 heterocycles. The van der Waals surface area contributed by atoms with Crippen LogP contribution < -0.4 is 19.6 Å². The van der Waals surface area contributed by atoms with Crippen LogP contribution in [-0.4, -0.2) is 102 Å². The van der Waals surface area contributed by atoms with Gasteiger partial charge in [-0.05, 0) is 154 Å². The van der Waals surface area contributed by atoms with Gasteiger partial charge in [-0.2, -0.15) is 0 Å². The number of imidazole rings is 2. The summed E-state index contributed by atoms with van der Waals surface area (Å²) in [5.74, 6) is 2.71. The topological polar surface area (TPSA) is 134 Å². The summed E-state index contributed by atoms with van der Waals surface area (Å²) in [5.41, 5.74) is 18.2. The first kappa shape index (κ1) is 68.6. The van der Waals surface area contributed by atoms with Gasteiger partial charge in [-0.25, -0.2) is 18.4 Å². The fraction of sp³-hybridized carbons (Fsp3) is 0.407. The van der Waals surface area contributed by atoms with E-state index < -0.39 is 9.84 Å². The zero-order chi connectivity index (χ0) is 67.7. The lowest BCUT2D eigenvalue weighted by Gasteiger charge is -2.29. The van der Waals surface area contributed by atoms with E-state index in [0.717, 1.165) is 141 Å². The summed E-state index contributed by atoms with van der Waals surface area (Å²) in [6, 6.07) is 53.9. The fourth-order valence-electron chi connectivity index (χ4n) is 13.3. The van der Waals surface area contributed by atoms with Gasteiger partial charge in [0.15, 0.2) is 9.84 Å². The van der Waals surface area contributed by atoms with E-state index in [2.05, 4.69) is 292 Å². The second-order valence-electron chi connectivity index (χ2n) is 29.7. The molecule has 0 unspecified atom stereocenters. The Bertz CT molecular complexity index is 4080. The summed E-state index contributed by atoms with van der Waals surface area (Å²) >= 11 is 0. The average Bonchev–Trinajstić information content (AvgIpc) is 1.57. The highest BCUT2D eigenvalue weighted by Gasteiger charge is 2.32. The minimum Gasteiger partial charge on any atom is -0.507 e. The van der Waals surface area contributed by atoms with Crippen molar-refractivity contribution in [1.82, 2.24) is 19.5 Å². The van der Waals surface area contributed by atoms with Crippen LogP contribution in [0.5, 0.6) is 11.5 Å². The van der Waals surface area contributed by atoms with Crippen LogP contribution in [0.4, 0.5) is 22.7 Å². The maximum Gasteiger partial charge on any atom is 0.153 e. The Balaban J connectivity index is 0.000000205. The largest absolute Gasteiger partial charge is 0.507 e. The molecule has 0 amide bonds. The van der Waals surface area contributed by atoms with Crippen LogP contribution in [0.1, 0.15) is 152 Å². The number of aromatic nitrogens is 4. The number of phenolic OH excluding ortho intramolecular Hbond substituents is 2. The van der Waals surface area contributed by atoms with Gasteiger partial charge >= 0.3 is 0 Å². The molecular weight excluding hydrogens is 1180 g/mol. The highest BCUT2D eigenvalue weighted by atomic mass is 32.2. The van der Waals surface area contributed by atoms with Gasteiger partial charge in [-0.3, -0.25) is 4.57 Å². The van der Waals surface area contributed by atoms with E-state index in [1.165, 1.54) is 36.3 Å². The van der Waals surface area contributed by atoms with Gasteiger partial charge in [-0.15, -0.1) is 0 Å². The summed E-state index contributed by atoms with van der Waals surface area (Å²) in [5, 5.41) is 23.0. The van der Waals surface area contributed by atoms with Crippen LogP contribution in [0.2, 0.25) is 0 Å². The predicted octanol–water partition coefficient (Wildman–Crippen LogP) is 18.8. The molecule has 0 aliphatic carbocycles. The van der Waals surface area contributed by atoms with Crippen LogP contribution >= 0.6 is 0 Å². The normalized spacial score (nSPS) is 14.6. The van der Waals surface area contributed by atoms with Crippen molar-refractivity contribution < 1.29 is 18.6 Å². The number of rotatable bonds is 15. The molecule has 0 atom stereocenters. The van der Waals surface area contributed by atoms with Crippen LogP contribution in [0.25, 0.3) is 73.5 Å². The Labute approximate surface area is 561 Å². The van der Waals surface area contributed by atoms with E-state index in [9.17, 15) is 18.6 Å². The Kier molecular flexibility index (Phi) is 20.1. The molecule has 0 saturated carbocycles. The molecule has 0 radical (unpaired) electrons. The zero-order valence-electron chi connectivity index (χ0n) is 58.9. The van der Waals surface area contributed by atoms with Crippen molar-refractivity contribution in [2.75, 3.05) is 83.5 Å². The molecule has 3 N–H and O–H groups in total. The number of sulfone groups is 1. The maximum atomic E-state index is 12.0. The second-order valence-corrected chi connectivity index (χ2v) is 32.0. The molecule has 2 aliphatic heterocycles. The third-order valence-electron chi connectivity index (χ3n) is 18.8. The lowest BCUT2D eigenvalue weighted by molar-refractivity contribution is 0.422. The highest BCUT2D eigenvalue weighted by molar-refractivity contribution is 7.91. The molecule has 9 aromatic rings. The van der Waals surface area contributed by atoms with Gasteiger partial charge in [0.05, 0.1) is 34.3 Å². The lowest BCUT2D eigenvalue weighted by atomic mass is 9.78. The Morgan fingerprint density at radius 1 is 0.436 bits per heavy atom. The van der Waals surface area contributed by atoms with E-state index in [-0.39, 0.29) is 33.2 Å². The first-order valence-electron chi connectivity index (χ1n) is 34.2. The average molecular weight is 1280 g/mol. The van der Waals surface area contributed by atoms with Crippen molar-refractivity contribution in [3.8, 4) is 85.0 Å². The zero-order valence-corrected chi connectivity index (χ0v) is 59.7. The van der Waals surface area contributed by atoms with E-state index >= 15 is 0 Å². The molecule has 0 bridgehead atoms. The monoisotopic (exact) mass is 1280 g/mol.